The molecule has 0 radical (unpaired) electrons. The molecule has 3 N–H and O–H groups in total. The number of hydrogen-bond donors (Lipinski definition) is 2. The molecule has 1 aliphatic heterocycles. The molecule has 2 fully saturated rings. The number of allylic oxidation sites excluding steroid dienone is 7. The van der Waals surface area contributed by atoms with Gasteiger partial charge in [0, 0.05) is 19.4 Å². The molecule has 0 unspecified atom stereocenters. The smallest absolute Gasteiger partial charge is 0.262 e. The second-order valence-electron chi connectivity index (χ2n) is 12.1. The Bertz CT molecular complexity index is 1210. The van der Waals surface area contributed by atoms with Gasteiger partial charge in [-0.2, -0.15) is 5.10 Å². The van der Waals surface area contributed by atoms with Gasteiger partial charge in [-0.05, 0) is 94.1 Å². The number of rotatable bonds is 6. The maximum Gasteiger partial charge on any atom is 0.262 e. The van der Waals surface area contributed by atoms with Crippen molar-refractivity contribution in [2.45, 2.75) is 92.4 Å². The van der Waals surface area contributed by atoms with E-state index in [0.29, 0.717) is 28.4 Å². The highest BCUT2D eigenvalue weighted by Crippen LogP contribution is 2.36. The third-order valence-electron chi connectivity index (χ3n) is 8.04. The number of likely N-dealkylation sites (tertiary alicyclic amines) is 1. The number of nitrogens with zero attached hydrogens (tertiary/aromatic N) is 5. The molecule has 0 spiro atoms. The summed E-state index contributed by atoms with van der Waals surface area (Å²) in [5.74, 6) is 6.85. The van der Waals surface area contributed by atoms with Gasteiger partial charge in [-0.3, -0.25) is 9.80 Å². The van der Waals surface area contributed by atoms with E-state index < -0.39 is 0 Å². The first-order valence-corrected chi connectivity index (χ1v) is 16.2. The summed E-state index contributed by atoms with van der Waals surface area (Å²) in [6.45, 7) is 13.1. The summed E-state index contributed by atoms with van der Waals surface area (Å²) >= 11 is 0. The fraction of sp³-hybridized carbons (Fsp3) is 0.571. The average molecular weight is 592 g/mol. The van der Waals surface area contributed by atoms with E-state index in [1.807, 2.05) is 19.9 Å². The number of fused-ring (bicyclic) bond motifs is 1. The third kappa shape index (κ3) is 12.9. The van der Waals surface area contributed by atoms with Crippen molar-refractivity contribution in [3.05, 3.63) is 78.1 Å². The van der Waals surface area contributed by atoms with E-state index in [1.165, 1.54) is 55.3 Å². The minimum absolute atomic E-state index is 0.263. The molecule has 43 heavy (non-hydrogen) atoms. The van der Waals surface area contributed by atoms with Crippen LogP contribution in [0.3, 0.4) is 0 Å². The summed E-state index contributed by atoms with van der Waals surface area (Å²) in [7, 11) is 3.87. The highest BCUT2D eigenvalue weighted by Gasteiger charge is 2.22. The Morgan fingerprint density at radius 3 is 2.49 bits per heavy atom. The van der Waals surface area contributed by atoms with Crippen molar-refractivity contribution in [1.29, 1.82) is 0 Å². The molecular weight excluding hydrogens is 534 g/mol. The molecule has 5 rings (SSSR count). The van der Waals surface area contributed by atoms with Crippen LogP contribution in [0, 0.1) is 11.3 Å². The molecule has 0 atom stereocenters. The van der Waals surface area contributed by atoms with E-state index >= 15 is 0 Å². The standard InChI is InChI=1S/C17H25N7O.C9H12.C7H14.C2H6/c1-22-10-6-13(7-11-22)4-5-15(23(2)18)21-17(25)14-12-20-24-9-3-8-19-16(14)24;1-2-9-7-5-3-4-6-8-9;1-7(2)5-3-4-6-7;1-2/h3,5,8-9,12-13H,4,6-7,10-11,18H2,1-2H3,(H,21,25);3,5-8H,2,4H2,1H3;3-6H2,1-2H3;1-2H3/b15-5-;;;. The van der Waals surface area contributed by atoms with Crippen LogP contribution in [0.1, 0.15) is 103 Å². The Morgan fingerprint density at radius 2 is 1.88 bits per heavy atom. The SMILES string of the molecule is CC.CC1(C)CCCC1.CCC1=CC=CCC=C1.CN1CCC(C/C=C(/NC(=O)c2cnn3cccnc23)N(C)N)CC1. The first kappa shape index (κ1) is 36.0. The summed E-state index contributed by atoms with van der Waals surface area (Å²) in [4.78, 5) is 19.1. The van der Waals surface area contributed by atoms with Crippen molar-refractivity contribution in [2.24, 2.45) is 17.2 Å². The largest absolute Gasteiger partial charge is 0.307 e. The molecule has 2 aromatic rings. The summed E-state index contributed by atoms with van der Waals surface area (Å²) in [5.41, 5.74) is 3.06. The van der Waals surface area contributed by atoms with Gasteiger partial charge in [0.25, 0.3) is 5.91 Å². The predicted molar refractivity (Wildman–Crippen MR) is 180 cm³/mol. The minimum Gasteiger partial charge on any atom is -0.307 e. The summed E-state index contributed by atoms with van der Waals surface area (Å²) in [6, 6.07) is 1.77. The van der Waals surface area contributed by atoms with Crippen LogP contribution >= 0.6 is 0 Å². The van der Waals surface area contributed by atoms with Crippen LogP contribution in [-0.2, 0) is 0 Å². The Labute approximate surface area is 260 Å². The molecule has 3 heterocycles. The van der Waals surface area contributed by atoms with Crippen LogP contribution in [0.2, 0.25) is 0 Å². The number of nitrogens with one attached hydrogen (secondary N) is 1. The Balaban J connectivity index is 0.000000291. The van der Waals surface area contributed by atoms with Crippen molar-refractivity contribution in [1.82, 2.24) is 29.8 Å². The zero-order valence-electron chi connectivity index (χ0n) is 27.9. The zero-order chi connectivity index (χ0) is 31.7. The van der Waals surface area contributed by atoms with Crippen molar-refractivity contribution < 1.29 is 4.79 Å². The van der Waals surface area contributed by atoms with Crippen molar-refractivity contribution in [3.63, 3.8) is 0 Å². The number of carbonyl (C=O) groups excluding carboxylic acids is 1. The number of hydrazine groups is 1. The maximum atomic E-state index is 12.6. The first-order chi connectivity index (χ1) is 20.7. The van der Waals surface area contributed by atoms with E-state index in [-0.39, 0.29) is 5.91 Å². The van der Waals surface area contributed by atoms with Crippen LogP contribution in [-0.4, -0.2) is 57.6 Å². The first-order valence-electron chi connectivity index (χ1n) is 16.2. The Kier molecular flexibility index (Phi) is 16.0. The molecule has 1 saturated carbocycles. The fourth-order valence-corrected chi connectivity index (χ4v) is 5.22. The molecule has 2 aromatic heterocycles. The van der Waals surface area contributed by atoms with E-state index in [9.17, 15) is 4.79 Å². The molecule has 238 valence electrons. The number of piperidine rings is 1. The number of nitrogens with two attached hydrogens (primary N) is 1. The number of carbonyl (C=O) groups is 1. The van der Waals surface area contributed by atoms with Gasteiger partial charge in [0.2, 0.25) is 0 Å². The topological polar surface area (TPSA) is 91.8 Å². The van der Waals surface area contributed by atoms with Gasteiger partial charge in [0.1, 0.15) is 11.4 Å². The highest BCUT2D eigenvalue weighted by molar-refractivity contribution is 6.00. The Hall–Kier alpha value is -3.23. The average Bonchev–Trinajstić information content (AvgIpc) is 3.53. The van der Waals surface area contributed by atoms with E-state index in [2.05, 4.69) is 78.5 Å². The lowest BCUT2D eigenvalue weighted by atomic mass is 9.92. The molecule has 3 aliphatic rings. The number of amides is 1. The molecule has 1 saturated heterocycles. The van der Waals surface area contributed by atoms with Crippen LogP contribution in [0.5, 0.6) is 0 Å². The number of aromatic nitrogens is 3. The normalized spacial score (nSPS) is 18.2. The predicted octanol–water partition coefficient (Wildman–Crippen LogP) is 7.29. The van der Waals surface area contributed by atoms with Gasteiger partial charge in [-0.1, -0.05) is 77.8 Å². The van der Waals surface area contributed by atoms with Crippen LogP contribution in [0.25, 0.3) is 5.65 Å². The monoisotopic (exact) mass is 591 g/mol. The molecule has 1 amide bonds. The van der Waals surface area contributed by atoms with E-state index in [4.69, 9.17) is 5.84 Å². The second-order valence-corrected chi connectivity index (χ2v) is 12.1. The zero-order valence-corrected chi connectivity index (χ0v) is 27.9. The molecular formula is C35H57N7O. The molecule has 8 nitrogen and oxygen atoms in total. The minimum atomic E-state index is -0.263. The summed E-state index contributed by atoms with van der Waals surface area (Å²) < 4.78 is 1.57. The van der Waals surface area contributed by atoms with Gasteiger partial charge < -0.3 is 10.2 Å². The van der Waals surface area contributed by atoms with Crippen LogP contribution in [0.4, 0.5) is 0 Å². The lowest BCUT2D eigenvalue weighted by Gasteiger charge is -2.28. The van der Waals surface area contributed by atoms with E-state index in [0.717, 1.165) is 32.4 Å². The maximum absolute atomic E-state index is 12.6. The van der Waals surface area contributed by atoms with Gasteiger partial charge >= 0.3 is 0 Å². The summed E-state index contributed by atoms with van der Waals surface area (Å²) in [5, 5.41) is 8.46. The van der Waals surface area contributed by atoms with Crippen molar-refractivity contribution >= 4 is 11.6 Å². The molecule has 8 heteroatoms. The van der Waals surface area contributed by atoms with Gasteiger partial charge in [-0.15, -0.1) is 0 Å². The molecule has 2 aliphatic carbocycles. The van der Waals surface area contributed by atoms with Crippen molar-refractivity contribution in [3.8, 4) is 0 Å². The van der Waals surface area contributed by atoms with Gasteiger partial charge in [0.15, 0.2) is 5.65 Å². The summed E-state index contributed by atoms with van der Waals surface area (Å²) in [6.07, 6.45) is 29.1. The highest BCUT2D eigenvalue weighted by atomic mass is 16.1. The fourth-order valence-electron chi connectivity index (χ4n) is 5.22. The van der Waals surface area contributed by atoms with Crippen LogP contribution in [0.15, 0.2) is 72.5 Å². The lowest BCUT2D eigenvalue weighted by Crippen LogP contribution is -2.37. The molecule has 0 aromatic carbocycles. The third-order valence-corrected chi connectivity index (χ3v) is 8.04. The van der Waals surface area contributed by atoms with E-state index in [1.54, 1.807) is 30.0 Å². The van der Waals surface area contributed by atoms with Gasteiger partial charge in [-0.25, -0.2) is 15.3 Å². The second kappa shape index (κ2) is 19.1. The molecule has 0 bridgehead atoms. The van der Waals surface area contributed by atoms with Crippen molar-refractivity contribution in [2.75, 3.05) is 27.2 Å². The number of hydrogen-bond acceptors (Lipinski definition) is 6. The van der Waals surface area contributed by atoms with Gasteiger partial charge in [0.05, 0.1) is 6.20 Å². The van der Waals surface area contributed by atoms with Crippen LogP contribution < -0.4 is 11.2 Å². The quantitative estimate of drug-likeness (QED) is 0.271. The Morgan fingerprint density at radius 1 is 1.19 bits per heavy atom. The lowest BCUT2D eigenvalue weighted by molar-refractivity contribution is 0.0954.